The molecule has 0 spiro atoms. The summed E-state index contributed by atoms with van der Waals surface area (Å²) < 4.78 is 7.39. The predicted molar refractivity (Wildman–Crippen MR) is 107 cm³/mol. The van der Waals surface area contributed by atoms with E-state index in [1.807, 2.05) is 13.8 Å². The number of nitrogens with one attached hydrogen (secondary N) is 2. The number of aryl methyl sites for hydroxylation is 2. The Morgan fingerprint density at radius 1 is 1.39 bits per heavy atom. The first-order valence-electron chi connectivity index (χ1n) is 8.10. The van der Waals surface area contributed by atoms with Crippen LogP contribution in [0.1, 0.15) is 31.7 Å². The Balaban J connectivity index is 0.00000484. The van der Waals surface area contributed by atoms with E-state index in [4.69, 9.17) is 4.74 Å². The molecule has 0 saturated heterocycles. The van der Waals surface area contributed by atoms with Crippen LogP contribution in [0, 0.1) is 19.8 Å². The van der Waals surface area contributed by atoms with E-state index < -0.39 is 0 Å². The van der Waals surface area contributed by atoms with Crippen LogP contribution < -0.4 is 10.6 Å². The molecule has 7 heteroatoms. The molecule has 23 heavy (non-hydrogen) atoms. The molecule has 0 fully saturated rings. The van der Waals surface area contributed by atoms with Crippen molar-refractivity contribution in [2.45, 2.75) is 40.7 Å². The maximum absolute atomic E-state index is 5.32. The van der Waals surface area contributed by atoms with Gasteiger partial charge in [-0.3, -0.25) is 9.67 Å². The van der Waals surface area contributed by atoms with Gasteiger partial charge in [-0.15, -0.1) is 24.0 Å². The van der Waals surface area contributed by atoms with E-state index in [0.29, 0.717) is 5.92 Å². The van der Waals surface area contributed by atoms with Gasteiger partial charge in [-0.2, -0.15) is 5.10 Å². The summed E-state index contributed by atoms with van der Waals surface area (Å²) in [5.41, 5.74) is 2.28. The van der Waals surface area contributed by atoms with E-state index in [-0.39, 0.29) is 24.0 Å². The molecule has 0 saturated carbocycles. The molecule has 1 aromatic heterocycles. The standard InChI is InChI=1S/C16H31N5O.HI/c1-6-22-9-7-8-18-16(17-5)19-11-13(2)12-21-15(4)10-14(3)20-21;/h10,13H,6-9,11-12H2,1-5H3,(H2,17,18,19);1H. The van der Waals surface area contributed by atoms with E-state index in [9.17, 15) is 0 Å². The first kappa shape index (κ1) is 22.2. The van der Waals surface area contributed by atoms with Crippen molar-refractivity contribution in [3.05, 3.63) is 17.5 Å². The molecule has 1 unspecified atom stereocenters. The fourth-order valence-corrected chi connectivity index (χ4v) is 2.24. The average Bonchev–Trinajstić information content (AvgIpc) is 2.79. The number of hydrogen-bond donors (Lipinski definition) is 2. The minimum absolute atomic E-state index is 0. The molecule has 0 aliphatic rings. The number of guanidine groups is 1. The van der Waals surface area contributed by atoms with Gasteiger partial charge in [0.15, 0.2) is 5.96 Å². The quantitative estimate of drug-likeness (QED) is 0.270. The van der Waals surface area contributed by atoms with Gasteiger partial charge in [-0.05, 0) is 39.2 Å². The van der Waals surface area contributed by atoms with Crippen molar-refractivity contribution < 1.29 is 4.74 Å². The Labute approximate surface area is 157 Å². The van der Waals surface area contributed by atoms with Gasteiger partial charge in [-0.25, -0.2) is 0 Å². The number of hydrogen-bond acceptors (Lipinski definition) is 3. The zero-order valence-corrected chi connectivity index (χ0v) is 17.4. The van der Waals surface area contributed by atoms with E-state index in [1.165, 1.54) is 5.69 Å². The Morgan fingerprint density at radius 3 is 2.70 bits per heavy atom. The lowest BCUT2D eigenvalue weighted by Gasteiger charge is -2.16. The molecule has 0 aliphatic heterocycles. The molecule has 0 amide bonds. The van der Waals surface area contributed by atoms with Crippen LogP contribution in [-0.4, -0.2) is 49.1 Å². The summed E-state index contributed by atoms with van der Waals surface area (Å²) >= 11 is 0. The predicted octanol–water partition coefficient (Wildman–Crippen LogP) is 2.35. The first-order valence-corrected chi connectivity index (χ1v) is 8.10. The van der Waals surface area contributed by atoms with Crippen molar-refractivity contribution in [2.75, 3.05) is 33.4 Å². The van der Waals surface area contributed by atoms with Crippen LogP contribution in [0.2, 0.25) is 0 Å². The molecule has 134 valence electrons. The maximum Gasteiger partial charge on any atom is 0.190 e. The molecular weight excluding hydrogens is 405 g/mol. The third-order valence-corrected chi connectivity index (χ3v) is 3.39. The molecule has 1 atom stereocenters. The van der Waals surface area contributed by atoms with Crippen molar-refractivity contribution in [1.29, 1.82) is 0 Å². The molecule has 6 nitrogen and oxygen atoms in total. The molecule has 2 N–H and O–H groups in total. The molecule has 1 aromatic rings. The second-order valence-corrected chi connectivity index (χ2v) is 5.64. The summed E-state index contributed by atoms with van der Waals surface area (Å²) in [6.07, 6.45) is 0.982. The molecule has 0 bridgehead atoms. The van der Waals surface area contributed by atoms with Crippen LogP contribution in [0.4, 0.5) is 0 Å². The number of halogens is 1. The van der Waals surface area contributed by atoms with Gasteiger partial charge in [0.25, 0.3) is 0 Å². The van der Waals surface area contributed by atoms with E-state index in [1.54, 1.807) is 7.05 Å². The van der Waals surface area contributed by atoms with Gasteiger partial charge in [0.1, 0.15) is 0 Å². The SMILES string of the molecule is CCOCCCNC(=NC)NCC(C)Cn1nc(C)cc1C.I. The van der Waals surface area contributed by atoms with E-state index >= 15 is 0 Å². The van der Waals surface area contributed by atoms with Crippen molar-refractivity contribution >= 4 is 29.9 Å². The van der Waals surface area contributed by atoms with E-state index in [2.05, 4.69) is 45.3 Å². The lowest BCUT2D eigenvalue weighted by atomic mass is 10.2. The molecule has 1 heterocycles. The minimum Gasteiger partial charge on any atom is -0.382 e. The highest BCUT2D eigenvalue weighted by Gasteiger charge is 2.08. The van der Waals surface area contributed by atoms with Crippen LogP contribution in [-0.2, 0) is 11.3 Å². The lowest BCUT2D eigenvalue weighted by Crippen LogP contribution is -2.40. The highest BCUT2D eigenvalue weighted by atomic mass is 127. The summed E-state index contributed by atoms with van der Waals surface area (Å²) in [5, 5.41) is 11.2. The second-order valence-electron chi connectivity index (χ2n) is 5.64. The number of nitrogens with zero attached hydrogens (tertiary/aromatic N) is 3. The number of ether oxygens (including phenoxy) is 1. The first-order chi connectivity index (χ1) is 10.6. The molecule has 1 rings (SSSR count). The highest BCUT2D eigenvalue weighted by molar-refractivity contribution is 14.0. The largest absolute Gasteiger partial charge is 0.382 e. The summed E-state index contributed by atoms with van der Waals surface area (Å²) in [7, 11) is 1.80. The zero-order valence-electron chi connectivity index (χ0n) is 15.1. The fraction of sp³-hybridized carbons (Fsp3) is 0.750. The van der Waals surface area contributed by atoms with Crippen molar-refractivity contribution in [3.8, 4) is 0 Å². The van der Waals surface area contributed by atoms with Crippen molar-refractivity contribution in [1.82, 2.24) is 20.4 Å². The third-order valence-electron chi connectivity index (χ3n) is 3.39. The Hall–Kier alpha value is -0.830. The van der Waals surface area contributed by atoms with E-state index in [0.717, 1.165) is 50.9 Å². The number of rotatable bonds is 9. The van der Waals surface area contributed by atoms with Crippen LogP contribution >= 0.6 is 24.0 Å². The van der Waals surface area contributed by atoms with Gasteiger partial charge >= 0.3 is 0 Å². The smallest absolute Gasteiger partial charge is 0.190 e. The molecular formula is C16H32IN5O. The second kappa shape index (κ2) is 12.6. The normalized spacial score (nSPS) is 12.7. The average molecular weight is 437 g/mol. The third kappa shape index (κ3) is 9.14. The Kier molecular flexibility index (Phi) is 12.1. The monoisotopic (exact) mass is 437 g/mol. The summed E-state index contributed by atoms with van der Waals surface area (Å²) in [6.45, 7) is 12.6. The Morgan fingerprint density at radius 2 is 2.13 bits per heavy atom. The summed E-state index contributed by atoms with van der Waals surface area (Å²) in [5.74, 6) is 1.32. The molecule has 0 radical (unpaired) electrons. The Bertz CT molecular complexity index is 461. The topological polar surface area (TPSA) is 63.5 Å². The minimum atomic E-state index is 0. The van der Waals surface area contributed by atoms with Gasteiger partial charge in [0.05, 0.1) is 5.69 Å². The zero-order chi connectivity index (χ0) is 16.4. The summed E-state index contributed by atoms with van der Waals surface area (Å²) in [6, 6.07) is 2.11. The molecule has 0 aromatic carbocycles. The van der Waals surface area contributed by atoms with Crippen molar-refractivity contribution in [2.24, 2.45) is 10.9 Å². The van der Waals surface area contributed by atoms with Gasteiger partial charge < -0.3 is 15.4 Å². The fourth-order valence-electron chi connectivity index (χ4n) is 2.24. The summed E-state index contributed by atoms with van der Waals surface area (Å²) in [4.78, 5) is 4.24. The van der Waals surface area contributed by atoms with Gasteiger partial charge in [-0.1, -0.05) is 6.92 Å². The van der Waals surface area contributed by atoms with Crippen LogP contribution in [0.3, 0.4) is 0 Å². The van der Waals surface area contributed by atoms with Gasteiger partial charge in [0.2, 0.25) is 0 Å². The molecule has 0 aliphatic carbocycles. The lowest BCUT2D eigenvalue weighted by molar-refractivity contribution is 0.145. The number of aromatic nitrogens is 2. The highest BCUT2D eigenvalue weighted by Crippen LogP contribution is 2.05. The maximum atomic E-state index is 5.32. The van der Waals surface area contributed by atoms with Crippen LogP contribution in [0.25, 0.3) is 0 Å². The van der Waals surface area contributed by atoms with Crippen LogP contribution in [0.5, 0.6) is 0 Å². The van der Waals surface area contributed by atoms with Crippen LogP contribution in [0.15, 0.2) is 11.1 Å². The van der Waals surface area contributed by atoms with Gasteiger partial charge in [0, 0.05) is 45.6 Å². The number of aliphatic imine (C=N–C) groups is 1. The van der Waals surface area contributed by atoms with Crippen molar-refractivity contribution in [3.63, 3.8) is 0 Å².